The third kappa shape index (κ3) is 8.42. The molecule has 0 spiro atoms. The minimum atomic E-state index is 0.461. The van der Waals surface area contributed by atoms with E-state index in [4.69, 9.17) is 5.73 Å². The molecule has 0 amide bonds. The number of hydrogen-bond acceptors (Lipinski definition) is 2. The monoisotopic (exact) mass is 271 g/mol. The van der Waals surface area contributed by atoms with Gasteiger partial charge in [-0.15, -0.1) is 0 Å². The summed E-state index contributed by atoms with van der Waals surface area (Å²) in [7, 11) is 0. The molecule has 1 aliphatic rings. The Labute approximate surface area is 119 Å². The van der Waals surface area contributed by atoms with Crippen LogP contribution in [0.2, 0.25) is 0 Å². The van der Waals surface area contributed by atoms with Crippen LogP contribution in [0.15, 0.2) is 0 Å². The summed E-state index contributed by atoms with van der Waals surface area (Å²) in [5.41, 5.74) is 6.19. The van der Waals surface area contributed by atoms with Crippen LogP contribution in [0.3, 0.4) is 0 Å². The van der Waals surface area contributed by atoms with E-state index in [-0.39, 0.29) is 0 Å². The molecule has 1 rings (SSSR count). The molecule has 0 aromatic carbocycles. The van der Waals surface area contributed by atoms with Crippen LogP contribution in [0.1, 0.15) is 84.0 Å². The van der Waals surface area contributed by atoms with E-state index in [1.54, 1.807) is 0 Å². The lowest BCUT2D eigenvalue weighted by Gasteiger charge is -2.21. The van der Waals surface area contributed by atoms with Crippen LogP contribution in [-0.4, -0.2) is 17.0 Å². The molecule has 1 unspecified atom stereocenters. The number of nitrogens with two attached hydrogens (primary N) is 1. The van der Waals surface area contributed by atoms with Gasteiger partial charge in [0.25, 0.3) is 0 Å². The average Bonchev–Trinajstić information content (AvgIpc) is 2.40. The second-order valence-electron chi connectivity index (χ2n) is 5.88. The summed E-state index contributed by atoms with van der Waals surface area (Å²) in [5, 5.41) is 0.954. The average molecular weight is 272 g/mol. The van der Waals surface area contributed by atoms with Crippen LogP contribution in [-0.2, 0) is 0 Å². The van der Waals surface area contributed by atoms with Gasteiger partial charge in [0.1, 0.15) is 0 Å². The first kappa shape index (κ1) is 16.4. The predicted octanol–water partition coefficient (Wildman–Crippen LogP) is 5.13. The standard InChI is InChI=1S/C16H33NS/c1-2-3-4-5-7-10-15(17)13-14-18-16-11-8-6-9-12-16/h15-16H,2-14,17H2,1H3. The van der Waals surface area contributed by atoms with E-state index in [0.29, 0.717) is 6.04 Å². The van der Waals surface area contributed by atoms with Crippen LogP contribution >= 0.6 is 11.8 Å². The fraction of sp³-hybridized carbons (Fsp3) is 1.00. The second-order valence-corrected chi connectivity index (χ2v) is 7.29. The van der Waals surface area contributed by atoms with Gasteiger partial charge in [0.2, 0.25) is 0 Å². The van der Waals surface area contributed by atoms with E-state index in [2.05, 4.69) is 18.7 Å². The van der Waals surface area contributed by atoms with Gasteiger partial charge in [-0.1, -0.05) is 58.3 Å². The first-order valence-corrected chi connectivity index (χ1v) is 9.25. The lowest BCUT2D eigenvalue weighted by atomic mass is 10.0. The Morgan fingerprint density at radius 3 is 2.44 bits per heavy atom. The van der Waals surface area contributed by atoms with E-state index in [1.807, 2.05) is 0 Å². The maximum Gasteiger partial charge on any atom is 0.00470 e. The fourth-order valence-corrected chi connectivity index (χ4v) is 4.21. The van der Waals surface area contributed by atoms with Crippen LogP contribution in [0.4, 0.5) is 0 Å². The Bertz CT molecular complexity index is 178. The van der Waals surface area contributed by atoms with E-state index in [1.165, 1.54) is 82.8 Å². The molecule has 0 aromatic heterocycles. The van der Waals surface area contributed by atoms with Gasteiger partial charge in [0.05, 0.1) is 0 Å². The van der Waals surface area contributed by atoms with Crippen LogP contribution in [0, 0.1) is 0 Å². The van der Waals surface area contributed by atoms with Gasteiger partial charge in [-0.05, 0) is 31.4 Å². The third-order valence-corrected chi connectivity index (χ3v) is 5.49. The number of hydrogen-bond donors (Lipinski definition) is 1. The highest BCUT2D eigenvalue weighted by molar-refractivity contribution is 7.99. The minimum Gasteiger partial charge on any atom is -0.328 e. The van der Waals surface area contributed by atoms with E-state index in [0.717, 1.165) is 5.25 Å². The maximum atomic E-state index is 6.19. The van der Waals surface area contributed by atoms with Crippen LogP contribution in [0.5, 0.6) is 0 Å². The van der Waals surface area contributed by atoms with Crippen molar-refractivity contribution in [2.45, 2.75) is 95.3 Å². The lowest BCUT2D eigenvalue weighted by Crippen LogP contribution is -2.21. The first-order valence-electron chi connectivity index (χ1n) is 8.20. The van der Waals surface area contributed by atoms with Crippen molar-refractivity contribution in [1.82, 2.24) is 0 Å². The maximum absolute atomic E-state index is 6.19. The number of thioether (sulfide) groups is 1. The highest BCUT2D eigenvalue weighted by atomic mass is 32.2. The normalized spacial score (nSPS) is 19.0. The molecule has 0 radical (unpaired) electrons. The molecule has 0 saturated heterocycles. The number of rotatable bonds is 10. The van der Waals surface area contributed by atoms with Gasteiger partial charge in [0, 0.05) is 11.3 Å². The predicted molar refractivity (Wildman–Crippen MR) is 85.3 cm³/mol. The van der Waals surface area contributed by atoms with E-state index in [9.17, 15) is 0 Å². The summed E-state index contributed by atoms with van der Waals surface area (Å²) in [6, 6.07) is 0.461. The zero-order chi connectivity index (χ0) is 13.1. The molecule has 2 heteroatoms. The highest BCUT2D eigenvalue weighted by Crippen LogP contribution is 2.28. The van der Waals surface area contributed by atoms with Gasteiger partial charge >= 0.3 is 0 Å². The summed E-state index contributed by atoms with van der Waals surface area (Å²) < 4.78 is 0. The Morgan fingerprint density at radius 2 is 1.72 bits per heavy atom. The van der Waals surface area contributed by atoms with Crippen molar-refractivity contribution >= 4 is 11.8 Å². The molecule has 108 valence electrons. The summed E-state index contributed by atoms with van der Waals surface area (Å²) in [4.78, 5) is 0. The third-order valence-electron chi connectivity index (χ3n) is 4.07. The Hall–Kier alpha value is 0.310. The highest BCUT2D eigenvalue weighted by Gasteiger charge is 2.13. The quantitative estimate of drug-likeness (QED) is 0.557. The number of unbranched alkanes of at least 4 members (excludes halogenated alkanes) is 4. The van der Waals surface area contributed by atoms with Crippen molar-refractivity contribution in [3.63, 3.8) is 0 Å². The van der Waals surface area contributed by atoms with Crippen molar-refractivity contribution in [2.24, 2.45) is 5.73 Å². The summed E-state index contributed by atoms with van der Waals surface area (Å²) in [5.74, 6) is 1.29. The molecule has 0 aromatic rings. The topological polar surface area (TPSA) is 26.0 Å². The Balaban J connectivity index is 1.88. The minimum absolute atomic E-state index is 0.461. The van der Waals surface area contributed by atoms with Gasteiger partial charge in [-0.3, -0.25) is 0 Å². The van der Waals surface area contributed by atoms with Gasteiger partial charge in [0.15, 0.2) is 0 Å². The molecule has 1 saturated carbocycles. The zero-order valence-corrected chi connectivity index (χ0v) is 13.1. The lowest BCUT2D eigenvalue weighted by molar-refractivity contribution is 0.513. The summed E-state index contributed by atoms with van der Waals surface area (Å²) >= 11 is 2.19. The van der Waals surface area contributed by atoms with Crippen molar-refractivity contribution in [3.05, 3.63) is 0 Å². The van der Waals surface area contributed by atoms with Crippen LogP contribution < -0.4 is 5.73 Å². The van der Waals surface area contributed by atoms with Crippen molar-refractivity contribution in [3.8, 4) is 0 Å². The molecule has 18 heavy (non-hydrogen) atoms. The summed E-state index contributed by atoms with van der Waals surface area (Å²) in [6.45, 7) is 2.27. The fourth-order valence-electron chi connectivity index (χ4n) is 2.77. The molecular weight excluding hydrogens is 238 g/mol. The molecule has 0 aliphatic heterocycles. The van der Waals surface area contributed by atoms with Crippen molar-refractivity contribution < 1.29 is 0 Å². The molecule has 1 fully saturated rings. The van der Waals surface area contributed by atoms with Gasteiger partial charge in [-0.2, -0.15) is 11.8 Å². The van der Waals surface area contributed by atoms with Crippen molar-refractivity contribution in [2.75, 3.05) is 5.75 Å². The van der Waals surface area contributed by atoms with E-state index >= 15 is 0 Å². The molecule has 0 heterocycles. The largest absolute Gasteiger partial charge is 0.328 e. The van der Waals surface area contributed by atoms with Gasteiger partial charge < -0.3 is 5.73 Å². The Kier molecular flexibility index (Phi) is 10.1. The molecule has 2 N–H and O–H groups in total. The van der Waals surface area contributed by atoms with Gasteiger partial charge in [-0.25, -0.2) is 0 Å². The molecular formula is C16H33NS. The zero-order valence-electron chi connectivity index (χ0n) is 12.3. The molecule has 1 nitrogen and oxygen atoms in total. The second kappa shape index (κ2) is 11.2. The van der Waals surface area contributed by atoms with Crippen molar-refractivity contribution in [1.29, 1.82) is 0 Å². The molecule has 1 atom stereocenters. The smallest absolute Gasteiger partial charge is 0.00470 e. The SMILES string of the molecule is CCCCCCCC(N)CCSC1CCCCC1. The summed E-state index contributed by atoms with van der Waals surface area (Å²) in [6.07, 6.45) is 16.6. The van der Waals surface area contributed by atoms with E-state index < -0.39 is 0 Å². The van der Waals surface area contributed by atoms with Crippen LogP contribution in [0.25, 0.3) is 0 Å². The molecule has 1 aliphatic carbocycles. The molecule has 0 bridgehead atoms. The first-order chi connectivity index (χ1) is 8.83. The Morgan fingerprint density at radius 1 is 1.00 bits per heavy atom.